The van der Waals surface area contributed by atoms with Crippen LogP contribution in [0.2, 0.25) is 0 Å². The van der Waals surface area contributed by atoms with Gasteiger partial charge in [-0.3, -0.25) is 4.79 Å². The molecular weight excluding hydrogens is 224 g/mol. The third-order valence-corrected chi connectivity index (χ3v) is 2.98. The fraction of sp³-hybridized carbons (Fsp3) is 0.533. The van der Waals surface area contributed by atoms with E-state index in [0.29, 0.717) is 0 Å². The lowest BCUT2D eigenvalue weighted by molar-refractivity contribution is 0.0763. The zero-order valence-corrected chi connectivity index (χ0v) is 11.7. The van der Waals surface area contributed by atoms with E-state index in [2.05, 4.69) is 12.2 Å². The Balaban J connectivity index is 2.86. The molecular formula is C15H24N2O. The molecule has 3 heteroatoms. The van der Waals surface area contributed by atoms with Gasteiger partial charge in [-0.1, -0.05) is 25.5 Å². The van der Waals surface area contributed by atoms with Crippen molar-refractivity contribution in [2.45, 2.75) is 33.6 Å². The van der Waals surface area contributed by atoms with Crippen molar-refractivity contribution in [1.29, 1.82) is 0 Å². The highest BCUT2D eigenvalue weighted by molar-refractivity contribution is 5.99. The molecule has 1 aromatic carbocycles. The van der Waals surface area contributed by atoms with Gasteiger partial charge in [0, 0.05) is 25.3 Å². The van der Waals surface area contributed by atoms with Crippen LogP contribution < -0.4 is 5.32 Å². The Morgan fingerprint density at radius 2 is 1.94 bits per heavy atom. The van der Waals surface area contributed by atoms with Crippen molar-refractivity contribution < 1.29 is 4.79 Å². The van der Waals surface area contributed by atoms with Gasteiger partial charge in [0.25, 0.3) is 5.91 Å². The highest BCUT2D eigenvalue weighted by Gasteiger charge is 2.16. The molecule has 0 aromatic heterocycles. The average molecular weight is 248 g/mol. The molecule has 0 saturated heterocycles. The zero-order valence-electron chi connectivity index (χ0n) is 11.7. The van der Waals surface area contributed by atoms with Crippen molar-refractivity contribution in [2.24, 2.45) is 0 Å². The summed E-state index contributed by atoms with van der Waals surface area (Å²) in [6.45, 7) is 8.64. The van der Waals surface area contributed by atoms with Crippen LogP contribution in [0.25, 0.3) is 0 Å². The predicted molar refractivity (Wildman–Crippen MR) is 77.1 cm³/mol. The fourth-order valence-corrected chi connectivity index (χ4v) is 1.94. The summed E-state index contributed by atoms with van der Waals surface area (Å²) in [7, 11) is 0. The third kappa shape index (κ3) is 3.76. The third-order valence-electron chi connectivity index (χ3n) is 2.98. The molecule has 0 bridgehead atoms. The number of hydrogen-bond donors (Lipinski definition) is 1. The Kier molecular flexibility index (Phi) is 6.26. The first-order chi connectivity index (χ1) is 8.74. The molecule has 1 amide bonds. The number of hydrogen-bond acceptors (Lipinski definition) is 2. The number of para-hydroxylation sites is 1. The molecule has 0 atom stereocenters. The molecule has 0 aliphatic carbocycles. The minimum absolute atomic E-state index is 0.127. The number of unbranched alkanes of at least 4 members (excludes halogenated alkanes) is 1. The maximum Gasteiger partial charge on any atom is 0.255 e. The quantitative estimate of drug-likeness (QED) is 0.802. The second kappa shape index (κ2) is 7.75. The fourth-order valence-electron chi connectivity index (χ4n) is 1.94. The normalized spacial score (nSPS) is 10.2. The van der Waals surface area contributed by atoms with Gasteiger partial charge in [0.15, 0.2) is 0 Å². The second-order valence-corrected chi connectivity index (χ2v) is 4.31. The largest absolute Gasteiger partial charge is 0.385 e. The van der Waals surface area contributed by atoms with E-state index >= 15 is 0 Å². The average Bonchev–Trinajstić information content (AvgIpc) is 2.40. The van der Waals surface area contributed by atoms with E-state index in [0.717, 1.165) is 43.7 Å². The van der Waals surface area contributed by atoms with E-state index in [1.54, 1.807) is 0 Å². The van der Waals surface area contributed by atoms with E-state index in [1.807, 2.05) is 43.0 Å². The molecule has 100 valence electrons. The van der Waals surface area contributed by atoms with E-state index in [1.165, 1.54) is 0 Å². The van der Waals surface area contributed by atoms with E-state index in [4.69, 9.17) is 0 Å². The van der Waals surface area contributed by atoms with Gasteiger partial charge in [0.1, 0.15) is 0 Å². The minimum Gasteiger partial charge on any atom is -0.385 e. The van der Waals surface area contributed by atoms with Crippen molar-refractivity contribution >= 4 is 11.6 Å². The molecule has 3 nitrogen and oxygen atoms in total. The lowest BCUT2D eigenvalue weighted by Gasteiger charge is -2.22. The van der Waals surface area contributed by atoms with Gasteiger partial charge in [0.2, 0.25) is 0 Å². The molecule has 0 saturated carbocycles. The number of nitrogens with zero attached hydrogens (tertiary/aromatic N) is 1. The summed E-state index contributed by atoms with van der Waals surface area (Å²) < 4.78 is 0. The summed E-state index contributed by atoms with van der Waals surface area (Å²) in [5.41, 5.74) is 1.71. The number of amides is 1. The molecule has 1 aromatic rings. The smallest absolute Gasteiger partial charge is 0.255 e. The number of nitrogens with one attached hydrogen (secondary N) is 1. The van der Waals surface area contributed by atoms with Crippen LogP contribution in [0.1, 0.15) is 44.0 Å². The number of carbonyl (C=O) groups is 1. The first-order valence-corrected chi connectivity index (χ1v) is 6.86. The summed E-state index contributed by atoms with van der Waals surface area (Å²) in [5, 5.41) is 3.24. The predicted octanol–water partition coefficient (Wildman–Crippen LogP) is 3.38. The van der Waals surface area contributed by atoms with Gasteiger partial charge in [0.05, 0.1) is 5.56 Å². The van der Waals surface area contributed by atoms with Crippen LogP contribution >= 0.6 is 0 Å². The Morgan fingerprint density at radius 1 is 1.22 bits per heavy atom. The Morgan fingerprint density at radius 3 is 2.56 bits per heavy atom. The molecule has 0 heterocycles. The minimum atomic E-state index is 0.127. The number of rotatable bonds is 7. The van der Waals surface area contributed by atoms with E-state index in [9.17, 15) is 4.79 Å². The van der Waals surface area contributed by atoms with Crippen LogP contribution in [0.5, 0.6) is 0 Å². The maximum atomic E-state index is 12.5. The lowest BCUT2D eigenvalue weighted by atomic mass is 10.1. The molecule has 1 N–H and O–H groups in total. The molecule has 18 heavy (non-hydrogen) atoms. The van der Waals surface area contributed by atoms with E-state index in [-0.39, 0.29) is 5.91 Å². The molecule has 0 unspecified atom stereocenters. The summed E-state index contributed by atoms with van der Waals surface area (Å²) in [5.74, 6) is 0.127. The summed E-state index contributed by atoms with van der Waals surface area (Å²) >= 11 is 0. The zero-order chi connectivity index (χ0) is 13.4. The molecule has 0 radical (unpaired) electrons. The summed E-state index contributed by atoms with van der Waals surface area (Å²) in [6, 6.07) is 7.73. The van der Waals surface area contributed by atoms with Crippen molar-refractivity contribution in [1.82, 2.24) is 4.90 Å². The van der Waals surface area contributed by atoms with Crippen LogP contribution in [0, 0.1) is 0 Å². The molecule has 1 rings (SSSR count). The first-order valence-electron chi connectivity index (χ1n) is 6.86. The van der Waals surface area contributed by atoms with Crippen molar-refractivity contribution in [2.75, 3.05) is 25.0 Å². The van der Waals surface area contributed by atoms with Crippen LogP contribution in [0.4, 0.5) is 5.69 Å². The van der Waals surface area contributed by atoms with Gasteiger partial charge >= 0.3 is 0 Å². The van der Waals surface area contributed by atoms with Crippen molar-refractivity contribution in [3.8, 4) is 0 Å². The second-order valence-electron chi connectivity index (χ2n) is 4.31. The Labute approximate surface area is 110 Å². The van der Waals surface area contributed by atoms with Crippen LogP contribution in [-0.2, 0) is 0 Å². The number of carbonyl (C=O) groups excluding carboxylic acids is 1. The van der Waals surface area contributed by atoms with Crippen molar-refractivity contribution in [3.05, 3.63) is 29.8 Å². The van der Waals surface area contributed by atoms with E-state index < -0.39 is 0 Å². The molecule has 0 fully saturated rings. The lowest BCUT2D eigenvalue weighted by Crippen LogP contribution is -2.32. The molecule has 0 aliphatic heterocycles. The SMILES string of the molecule is CCCCN(CC)C(=O)c1ccccc1NCC. The molecule has 0 aliphatic rings. The van der Waals surface area contributed by atoms with Crippen molar-refractivity contribution in [3.63, 3.8) is 0 Å². The Hall–Kier alpha value is -1.51. The van der Waals surface area contributed by atoms with Crippen LogP contribution in [0.15, 0.2) is 24.3 Å². The van der Waals surface area contributed by atoms with Gasteiger partial charge in [-0.15, -0.1) is 0 Å². The number of benzene rings is 1. The standard InChI is InChI=1S/C15H24N2O/c1-4-7-12-17(6-3)15(18)13-10-8-9-11-14(13)16-5-2/h8-11,16H,4-7,12H2,1-3H3. The summed E-state index contributed by atoms with van der Waals surface area (Å²) in [6.07, 6.45) is 2.17. The number of anilines is 1. The van der Waals surface area contributed by atoms with Crippen LogP contribution in [0.3, 0.4) is 0 Å². The highest BCUT2D eigenvalue weighted by Crippen LogP contribution is 2.17. The highest BCUT2D eigenvalue weighted by atomic mass is 16.2. The van der Waals surface area contributed by atoms with Crippen LogP contribution in [-0.4, -0.2) is 30.4 Å². The summed E-state index contributed by atoms with van der Waals surface area (Å²) in [4.78, 5) is 14.4. The topological polar surface area (TPSA) is 32.3 Å². The molecule has 0 spiro atoms. The van der Waals surface area contributed by atoms with Gasteiger partial charge in [-0.25, -0.2) is 0 Å². The maximum absolute atomic E-state index is 12.5. The van der Waals surface area contributed by atoms with Gasteiger partial charge in [-0.2, -0.15) is 0 Å². The first kappa shape index (κ1) is 14.6. The monoisotopic (exact) mass is 248 g/mol. The Bertz CT molecular complexity index is 377. The van der Waals surface area contributed by atoms with Gasteiger partial charge < -0.3 is 10.2 Å². The van der Waals surface area contributed by atoms with Gasteiger partial charge in [-0.05, 0) is 32.4 Å².